The van der Waals surface area contributed by atoms with Crippen molar-refractivity contribution >= 4 is 75.0 Å². The van der Waals surface area contributed by atoms with E-state index >= 15 is 0 Å². The maximum absolute atomic E-state index is 3.34. The molecular weight excluding hydrogens is 408 g/mol. The molecule has 0 N–H and O–H groups in total. The van der Waals surface area contributed by atoms with Gasteiger partial charge in [-0.15, -0.1) is 0 Å². The van der Waals surface area contributed by atoms with Gasteiger partial charge in [0.2, 0.25) is 0 Å². The van der Waals surface area contributed by atoms with Crippen LogP contribution in [0.5, 0.6) is 0 Å². The lowest BCUT2D eigenvalue weighted by molar-refractivity contribution is 1.23. The lowest BCUT2D eigenvalue weighted by Gasteiger charge is -2.00. The van der Waals surface area contributed by atoms with Gasteiger partial charge < -0.3 is 0 Å². The predicted octanol–water partition coefficient (Wildman–Crippen LogP) is 5.69. The predicted molar refractivity (Wildman–Crippen MR) is 69.6 cm³/mol. The highest BCUT2D eigenvalue weighted by atomic mass is 79.9. The van der Waals surface area contributed by atoms with Gasteiger partial charge in [0.05, 0.1) is 0 Å². The van der Waals surface area contributed by atoms with Gasteiger partial charge in [-0.1, -0.05) is 0 Å². The van der Waals surface area contributed by atoms with Crippen molar-refractivity contribution in [2.24, 2.45) is 0 Å². The van der Waals surface area contributed by atoms with Gasteiger partial charge in [-0.05, 0) is 87.2 Å². The lowest BCUT2D eigenvalue weighted by Crippen LogP contribution is -1.74. The third-order valence-corrected chi connectivity index (χ3v) is 5.45. The van der Waals surface area contributed by atoms with Crippen molar-refractivity contribution < 1.29 is 0 Å². The highest BCUT2D eigenvalue weighted by Crippen LogP contribution is 2.36. The van der Waals surface area contributed by atoms with Crippen LogP contribution in [-0.4, -0.2) is 0 Å². The zero-order valence-electron chi connectivity index (χ0n) is 5.51. The van der Waals surface area contributed by atoms with E-state index in [1.165, 1.54) is 25.3 Å². The number of hydrogen-bond acceptors (Lipinski definition) is 3. The van der Waals surface area contributed by atoms with Crippen LogP contribution in [0.1, 0.15) is 0 Å². The molecule has 0 aliphatic carbocycles. The van der Waals surface area contributed by atoms with Gasteiger partial charge in [0.15, 0.2) is 0 Å². The van der Waals surface area contributed by atoms with Crippen LogP contribution in [0.25, 0.3) is 0 Å². The summed E-state index contributed by atoms with van der Waals surface area (Å²) in [4.78, 5) is 3.35. The third-order valence-electron chi connectivity index (χ3n) is 1.05. The van der Waals surface area contributed by atoms with E-state index in [-0.39, 0.29) is 0 Å². The Morgan fingerprint density at radius 1 is 0.917 bits per heavy atom. The Labute approximate surface area is 107 Å². The number of halogens is 3. The quantitative estimate of drug-likeness (QED) is 0.629. The van der Waals surface area contributed by atoms with E-state index in [1.54, 1.807) is 10.2 Å². The van der Waals surface area contributed by atoms with Gasteiger partial charge in [-0.25, -0.2) is 0 Å². The summed E-state index contributed by atoms with van der Waals surface area (Å²) < 4.78 is 0. The highest BCUT2D eigenvalue weighted by molar-refractivity contribution is 9.50. The Kier molecular flexibility index (Phi) is 6.13. The topological polar surface area (TPSA) is 0 Å². The summed E-state index contributed by atoms with van der Waals surface area (Å²) in [7, 11) is 4.58. The van der Waals surface area contributed by atoms with E-state index in [4.69, 9.17) is 0 Å². The Morgan fingerprint density at radius 3 is 1.75 bits per heavy atom. The lowest BCUT2D eigenvalue weighted by atomic mass is 10.4. The Hall–Kier alpha value is 1.71. The summed E-state index contributed by atoms with van der Waals surface area (Å²) in [5, 5.41) is 0. The van der Waals surface area contributed by atoms with E-state index in [9.17, 15) is 0 Å². The van der Waals surface area contributed by atoms with Crippen LogP contribution in [0, 0.1) is 6.07 Å². The molecule has 1 rings (SSSR count). The van der Waals surface area contributed by atoms with Crippen molar-refractivity contribution in [2.45, 2.75) is 14.7 Å². The van der Waals surface area contributed by atoms with Gasteiger partial charge in [0.25, 0.3) is 0 Å². The van der Waals surface area contributed by atoms with Crippen molar-refractivity contribution in [3.8, 4) is 0 Å². The van der Waals surface area contributed by atoms with Gasteiger partial charge in [0, 0.05) is 20.8 Å². The molecule has 0 amide bonds. The molecule has 0 unspecified atom stereocenters. The van der Waals surface area contributed by atoms with E-state index in [2.05, 4.69) is 62.6 Å². The molecule has 1 aromatic carbocycles. The molecule has 0 spiro atoms. The molecule has 0 saturated carbocycles. The minimum absolute atomic E-state index is 1.08. The molecule has 1 radical (unpaired) electrons. The van der Waals surface area contributed by atoms with Crippen LogP contribution >= 0.6 is 75.0 Å². The summed E-state index contributed by atoms with van der Waals surface area (Å²) >= 11 is 9.98. The first-order chi connectivity index (χ1) is 5.80. The van der Waals surface area contributed by atoms with Crippen molar-refractivity contribution in [3.63, 3.8) is 0 Å². The zero-order valence-corrected chi connectivity index (χ0v) is 12.7. The molecule has 0 nitrogen and oxygen atoms in total. The van der Waals surface area contributed by atoms with Gasteiger partial charge in [-0.3, -0.25) is 0 Å². The minimum Gasteiger partial charge on any atom is -0.0471 e. The molecule has 0 heterocycles. The third kappa shape index (κ3) is 3.46. The van der Waals surface area contributed by atoms with Gasteiger partial charge in [0.1, 0.15) is 0 Å². The normalized spacial score (nSPS) is 10.2. The second-order valence-corrected chi connectivity index (χ2v) is 6.50. The van der Waals surface area contributed by atoms with Crippen LogP contribution in [0.3, 0.4) is 0 Å². The van der Waals surface area contributed by atoms with Crippen LogP contribution in [0.15, 0.2) is 26.8 Å². The molecule has 0 saturated heterocycles. The van der Waals surface area contributed by atoms with Gasteiger partial charge >= 0.3 is 0 Å². The van der Waals surface area contributed by atoms with Crippen LogP contribution in [0.2, 0.25) is 0 Å². The minimum atomic E-state index is 1.08. The number of hydrogen-bond donors (Lipinski definition) is 0. The number of rotatable bonds is 3. The average Bonchev–Trinajstić information content (AvgIpc) is 2.16. The first-order valence-corrected chi connectivity index (χ1v) is 10.7. The van der Waals surface area contributed by atoms with Crippen molar-refractivity contribution in [3.05, 3.63) is 18.2 Å². The smallest absolute Gasteiger partial charge is 0.0290 e. The van der Waals surface area contributed by atoms with E-state index in [0.717, 1.165) is 9.79 Å². The Balaban J connectivity index is 3.01. The monoisotopic (exact) mass is 407 g/mol. The molecule has 65 valence electrons. The molecular formula is C6H2Br3S3. The molecule has 0 aliphatic heterocycles. The van der Waals surface area contributed by atoms with Crippen LogP contribution in [-0.2, 0) is 0 Å². The first-order valence-electron chi connectivity index (χ1n) is 2.73. The Bertz CT molecular complexity index is 211. The summed E-state index contributed by atoms with van der Waals surface area (Å²) in [5.41, 5.74) is 0. The fourth-order valence-corrected chi connectivity index (χ4v) is 3.41. The zero-order chi connectivity index (χ0) is 8.97. The van der Waals surface area contributed by atoms with E-state index in [1.807, 2.05) is 0 Å². The van der Waals surface area contributed by atoms with Crippen LogP contribution in [0.4, 0.5) is 0 Å². The fourth-order valence-electron chi connectivity index (χ4n) is 0.621. The first kappa shape index (κ1) is 11.8. The average molecular weight is 410 g/mol. The summed E-state index contributed by atoms with van der Waals surface area (Å²) in [6.45, 7) is 0. The standard InChI is InChI=1S/C6H2Br3S3/c7-10-4-1-5(11-8)3-6(2-4)12-9/h1-2H. The summed E-state index contributed by atoms with van der Waals surface area (Å²) in [6, 6.07) is 7.34. The maximum atomic E-state index is 3.34. The highest BCUT2D eigenvalue weighted by Gasteiger charge is 2.00. The molecule has 0 fully saturated rings. The molecule has 0 aliphatic rings. The van der Waals surface area contributed by atoms with E-state index in [0.29, 0.717) is 0 Å². The molecule has 0 bridgehead atoms. The van der Waals surface area contributed by atoms with Gasteiger partial charge in [-0.2, -0.15) is 0 Å². The summed E-state index contributed by atoms with van der Waals surface area (Å²) in [6.07, 6.45) is 0. The largest absolute Gasteiger partial charge is 0.0471 e. The van der Waals surface area contributed by atoms with E-state index < -0.39 is 0 Å². The molecule has 0 atom stereocenters. The maximum Gasteiger partial charge on any atom is 0.0290 e. The van der Waals surface area contributed by atoms with Crippen molar-refractivity contribution in [2.75, 3.05) is 0 Å². The number of benzene rings is 1. The van der Waals surface area contributed by atoms with Crippen molar-refractivity contribution in [1.82, 2.24) is 0 Å². The molecule has 1 aromatic rings. The molecule has 12 heavy (non-hydrogen) atoms. The summed E-state index contributed by atoms with van der Waals surface area (Å²) in [5.74, 6) is 0. The second-order valence-electron chi connectivity index (χ2n) is 1.78. The molecule has 0 aromatic heterocycles. The van der Waals surface area contributed by atoms with Crippen molar-refractivity contribution in [1.29, 1.82) is 0 Å². The van der Waals surface area contributed by atoms with Crippen LogP contribution < -0.4 is 0 Å². The second kappa shape index (κ2) is 6.24. The Morgan fingerprint density at radius 2 is 1.42 bits per heavy atom. The fraction of sp³-hybridized carbons (Fsp3) is 0. The SMILES string of the molecule is BrSc1[c]c(SBr)cc(SBr)c1. The molecule has 6 heteroatoms.